The van der Waals surface area contributed by atoms with Crippen molar-refractivity contribution in [3.63, 3.8) is 0 Å². The Bertz CT molecular complexity index is 771. The van der Waals surface area contributed by atoms with Gasteiger partial charge in [-0.05, 0) is 62.0 Å². The molecule has 1 aliphatic carbocycles. The average molecular weight is 375 g/mol. The Labute approximate surface area is 157 Å². The number of carbonyl (C=O) groups is 1. The van der Waals surface area contributed by atoms with Crippen molar-refractivity contribution in [1.29, 1.82) is 0 Å². The smallest absolute Gasteiger partial charge is 0.341 e. The first-order chi connectivity index (χ1) is 12.1. The molecule has 1 heterocycles. The minimum absolute atomic E-state index is 0.265. The van der Waals surface area contributed by atoms with Crippen LogP contribution in [0.4, 0.5) is 10.7 Å². The van der Waals surface area contributed by atoms with Gasteiger partial charge in [-0.3, -0.25) is 0 Å². The van der Waals surface area contributed by atoms with Gasteiger partial charge < -0.3 is 15.4 Å². The van der Waals surface area contributed by atoms with Crippen LogP contribution in [0.1, 0.15) is 53.4 Å². The highest BCUT2D eigenvalue weighted by atomic mass is 32.1. The molecule has 1 atom stereocenters. The third-order valence-corrected chi connectivity index (χ3v) is 5.68. The van der Waals surface area contributed by atoms with Gasteiger partial charge in [0.1, 0.15) is 5.00 Å². The average Bonchev–Trinajstić information content (AvgIpc) is 2.95. The molecular formula is C19H22N2O2S2. The van der Waals surface area contributed by atoms with Crippen molar-refractivity contribution in [2.45, 2.75) is 39.0 Å². The quantitative estimate of drug-likeness (QED) is 0.571. The lowest BCUT2D eigenvalue weighted by Gasteiger charge is -2.19. The predicted molar refractivity (Wildman–Crippen MR) is 108 cm³/mol. The number of benzene rings is 1. The first-order valence-electron chi connectivity index (χ1n) is 8.55. The zero-order chi connectivity index (χ0) is 17.8. The summed E-state index contributed by atoms with van der Waals surface area (Å²) < 4.78 is 5.31. The van der Waals surface area contributed by atoms with E-state index in [2.05, 4.69) is 17.6 Å². The van der Waals surface area contributed by atoms with Crippen molar-refractivity contribution < 1.29 is 9.53 Å². The van der Waals surface area contributed by atoms with E-state index in [4.69, 9.17) is 17.0 Å². The van der Waals surface area contributed by atoms with Gasteiger partial charge >= 0.3 is 5.97 Å². The van der Waals surface area contributed by atoms with E-state index in [1.54, 1.807) is 11.3 Å². The molecule has 1 aromatic carbocycles. The Morgan fingerprint density at radius 1 is 1.32 bits per heavy atom. The number of rotatable bonds is 4. The molecular weight excluding hydrogens is 352 g/mol. The normalized spacial score (nSPS) is 16.0. The zero-order valence-electron chi connectivity index (χ0n) is 14.4. The highest BCUT2D eigenvalue weighted by Gasteiger charge is 2.30. The minimum atomic E-state index is -0.265. The van der Waals surface area contributed by atoms with Crippen molar-refractivity contribution in [3.05, 3.63) is 46.3 Å². The number of aryl methyl sites for hydroxylation is 1. The van der Waals surface area contributed by atoms with E-state index in [0.29, 0.717) is 23.2 Å². The van der Waals surface area contributed by atoms with E-state index < -0.39 is 0 Å². The highest BCUT2D eigenvalue weighted by molar-refractivity contribution is 7.80. The highest BCUT2D eigenvalue weighted by Crippen LogP contribution is 2.43. The summed E-state index contributed by atoms with van der Waals surface area (Å²) in [5.74, 6) is 0.101. The maximum atomic E-state index is 12.6. The number of hydrogen-bond donors (Lipinski definition) is 2. The van der Waals surface area contributed by atoms with Gasteiger partial charge in [0.05, 0.1) is 12.2 Å². The Balaban J connectivity index is 1.87. The van der Waals surface area contributed by atoms with Gasteiger partial charge in [-0.15, -0.1) is 11.3 Å². The lowest BCUT2D eigenvalue weighted by molar-refractivity contribution is 0.0526. The van der Waals surface area contributed by atoms with Crippen molar-refractivity contribution >= 4 is 45.3 Å². The predicted octanol–water partition coefficient (Wildman–Crippen LogP) is 5.17. The molecule has 25 heavy (non-hydrogen) atoms. The number of thiophene rings is 1. The maximum absolute atomic E-state index is 12.6. The SMILES string of the molecule is CCOC(=O)c1c(NC(=S)Nc2ccccc2)sc2c1C(C)CCC2. The molecule has 2 N–H and O–H groups in total. The van der Waals surface area contributed by atoms with Gasteiger partial charge in [0, 0.05) is 10.6 Å². The summed E-state index contributed by atoms with van der Waals surface area (Å²) in [5.41, 5.74) is 2.71. The number of hydrogen-bond acceptors (Lipinski definition) is 4. The number of fused-ring (bicyclic) bond motifs is 1. The summed E-state index contributed by atoms with van der Waals surface area (Å²) in [6, 6.07) is 9.74. The number of anilines is 2. The van der Waals surface area contributed by atoms with Crippen LogP contribution in [-0.4, -0.2) is 17.7 Å². The fraction of sp³-hybridized carbons (Fsp3) is 0.368. The van der Waals surface area contributed by atoms with Crippen molar-refractivity contribution in [3.8, 4) is 0 Å². The molecule has 1 unspecified atom stereocenters. The zero-order valence-corrected chi connectivity index (χ0v) is 16.1. The van der Waals surface area contributed by atoms with E-state index >= 15 is 0 Å². The molecule has 0 spiro atoms. The third kappa shape index (κ3) is 4.02. The van der Waals surface area contributed by atoms with Crippen LogP contribution in [-0.2, 0) is 11.2 Å². The summed E-state index contributed by atoms with van der Waals surface area (Å²) in [4.78, 5) is 13.8. The molecule has 0 saturated heterocycles. The number of thiocarbonyl (C=S) groups is 1. The summed E-state index contributed by atoms with van der Waals surface area (Å²) in [6.45, 7) is 4.37. The molecule has 132 valence electrons. The van der Waals surface area contributed by atoms with E-state index in [0.717, 1.165) is 35.5 Å². The molecule has 1 aromatic heterocycles. The monoisotopic (exact) mass is 374 g/mol. The molecule has 3 rings (SSSR count). The molecule has 0 saturated carbocycles. The number of esters is 1. The molecule has 0 bridgehead atoms. The molecule has 4 nitrogen and oxygen atoms in total. The minimum Gasteiger partial charge on any atom is -0.462 e. The lowest BCUT2D eigenvalue weighted by atomic mass is 9.86. The number of carbonyl (C=O) groups excluding carboxylic acids is 1. The molecule has 6 heteroatoms. The Hall–Kier alpha value is -1.92. The third-order valence-electron chi connectivity index (χ3n) is 4.29. The van der Waals surface area contributed by atoms with Gasteiger partial charge in [-0.2, -0.15) is 0 Å². The first-order valence-corrected chi connectivity index (χ1v) is 9.78. The van der Waals surface area contributed by atoms with Crippen molar-refractivity contribution in [2.24, 2.45) is 0 Å². The molecule has 1 aliphatic rings. The fourth-order valence-electron chi connectivity index (χ4n) is 3.19. The van der Waals surface area contributed by atoms with Crippen molar-refractivity contribution in [2.75, 3.05) is 17.2 Å². The summed E-state index contributed by atoms with van der Waals surface area (Å²) in [7, 11) is 0. The second kappa shape index (κ2) is 7.97. The molecule has 0 aliphatic heterocycles. The van der Waals surface area contributed by atoms with Gasteiger partial charge in [-0.25, -0.2) is 4.79 Å². The van der Waals surface area contributed by atoms with Crippen LogP contribution in [0.15, 0.2) is 30.3 Å². The van der Waals surface area contributed by atoms with E-state index in [9.17, 15) is 4.79 Å². The Morgan fingerprint density at radius 3 is 2.80 bits per heavy atom. The topological polar surface area (TPSA) is 50.4 Å². The van der Waals surface area contributed by atoms with Crippen LogP contribution < -0.4 is 10.6 Å². The standard InChI is InChI=1S/C19H22N2O2S2/c1-3-23-18(22)16-15-12(2)8-7-11-14(15)25-17(16)21-19(24)20-13-9-5-4-6-10-13/h4-6,9-10,12H,3,7-8,11H2,1-2H3,(H2,20,21,24). The lowest BCUT2D eigenvalue weighted by Crippen LogP contribution is -2.20. The van der Waals surface area contributed by atoms with Crippen molar-refractivity contribution in [1.82, 2.24) is 0 Å². The maximum Gasteiger partial charge on any atom is 0.341 e. The second-order valence-corrected chi connectivity index (χ2v) is 7.62. The van der Waals surface area contributed by atoms with Crippen LogP contribution in [0.5, 0.6) is 0 Å². The van der Waals surface area contributed by atoms with E-state index in [1.807, 2.05) is 37.3 Å². The van der Waals surface area contributed by atoms with Crippen LogP contribution in [0.2, 0.25) is 0 Å². The van der Waals surface area contributed by atoms with Gasteiger partial charge in [0.15, 0.2) is 5.11 Å². The molecule has 0 amide bonds. The van der Waals surface area contributed by atoms with Gasteiger partial charge in [0.2, 0.25) is 0 Å². The summed E-state index contributed by atoms with van der Waals surface area (Å²) >= 11 is 7.05. The van der Waals surface area contributed by atoms with E-state index in [1.165, 1.54) is 4.88 Å². The second-order valence-electron chi connectivity index (χ2n) is 6.10. The van der Waals surface area contributed by atoms with Crippen LogP contribution in [0.25, 0.3) is 0 Å². The Morgan fingerprint density at radius 2 is 2.08 bits per heavy atom. The fourth-order valence-corrected chi connectivity index (χ4v) is 4.83. The van der Waals surface area contributed by atoms with Crippen LogP contribution in [0.3, 0.4) is 0 Å². The number of ether oxygens (including phenoxy) is 1. The number of nitrogens with one attached hydrogen (secondary N) is 2. The summed E-state index contributed by atoms with van der Waals surface area (Å²) in [5, 5.41) is 7.63. The molecule has 0 fully saturated rings. The van der Waals surface area contributed by atoms with Gasteiger partial charge in [0.25, 0.3) is 0 Å². The van der Waals surface area contributed by atoms with Crippen LogP contribution >= 0.6 is 23.6 Å². The Kier molecular flexibility index (Phi) is 5.71. The van der Waals surface area contributed by atoms with Gasteiger partial charge in [-0.1, -0.05) is 25.1 Å². The largest absolute Gasteiger partial charge is 0.462 e. The number of para-hydroxylation sites is 1. The first kappa shape index (κ1) is 17.9. The van der Waals surface area contributed by atoms with E-state index in [-0.39, 0.29) is 5.97 Å². The van der Waals surface area contributed by atoms with Crippen LogP contribution in [0, 0.1) is 0 Å². The molecule has 2 aromatic rings. The summed E-state index contributed by atoms with van der Waals surface area (Å²) in [6.07, 6.45) is 3.27. The molecule has 0 radical (unpaired) electrons.